The Hall–Kier alpha value is -2.62. The van der Waals surface area contributed by atoms with Crippen molar-refractivity contribution in [2.45, 2.75) is 33.6 Å². The van der Waals surface area contributed by atoms with Gasteiger partial charge in [-0.25, -0.2) is 5.43 Å². The lowest BCUT2D eigenvalue weighted by Gasteiger charge is -2.08. The number of nitrogens with one attached hydrogen (secondary N) is 1. The topological polar surface area (TPSA) is 50.7 Å². The summed E-state index contributed by atoms with van der Waals surface area (Å²) in [6, 6.07) is 16.1. The number of carbonyl (C=O) groups is 1. The lowest BCUT2D eigenvalue weighted by molar-refractivity contribution is -0.123. The van der Waals surface area contributed by atoms with Crippen LogP contribution in [0, 0.1) is 13.8 Å². The first-order valence-corrected chi connectivity index (χ1v) is 8.10. The van der Waals surface area contributed by atoms with Crippen molar-refractivity contribution in [3.63, 3.8) is 0 Å². The highest BCUT2D eigenvalue weighted by atomic mass is 16.5. The normalized spacial score (nSPS) is 11.2. The van der Waals surface area contributed by atoms with E-state index in [0.29, 0.717) is 5.75 Å². The highest BCUT2D eigenvalue weighted by Gasteiger charge is 2.03. The number of hydrogen-bond donors (Lipinski definition) is 1. The number of ether oxygens (including phenoxy) is 1. The number of carbonyl (C=O) groups excluding carboxylic acids is 1. The van der Waals surface area contributed by atoms with E-state index in [1.807, 2.05) is 51.1 Å². The molecular formula is C20H24N2O2. The Morgan fingerprint density at radius 2 is 1.75 bits per heavy atom. The summed E-state index contributed by atoms with van der Waals surface area (Å²) in [5.74, 6) is 0.445. The quantitative estimate of drug-likeness (QED) is 0.622. The minimum atomic E-state index is -0.256. The molecule has 1 N–H and O–H groups in total. The average Bonchev–Trinajstić information content (AvgIpc) is 2.56. The van der Waals surface area contributed by atoms with Gasteiger partial charge in [0.25, 0.3) is 5.91 Å². The number of hydrazone groups is 1. The molecule has 0 spiro atoms. The third-order valence-electron chi connectivity index (χ3n) is 3.55. The minimum Gasteiger partial charge on any atom is -0.484 e. The SMILES string of the molecule is C/C(CCc1ccccc1)=N\NC(=O)COc1cc(C)cc(C)c1. The van der Waals surface area contributed by atoms with Crippen molar-refractivity contribution in [1.29, 1.82) is 0 Å². The average molecular weight is 324 g/mol. The Balaban J connectivity index is 1.75. The van der Waals surface area contributed by atoms with Crippen LogP contribution in [0.2, 0.25) is 0 Å². The van der Waals surface area contributed by atoms with Gasteiger partial charge in [-0.3, -0.25) is 4.79 Å². The first-order valence-electron chi connectivity index (χ1n) is 8.10. The fourth-order valence-electron chi connectivity index (χ4n) is 2.38. The maximum Gasteiger partial charge on any atom is 0.277 e. The molecule has 0 aliphatic heterocycles. The Kier molecular flexibility index (Phi) is 6.55. The molecule has 2 aromatic carbocycles. The van der Waals surface area contributed by atoms with E-state index >= 15 is 0 Å². The van der Waals surface area contributed by atoms with Gasteiger partial charge in [0, 0.05) is 5.71 Å². The van der Waals surface area contributed by atoms with E-state index in [0.717, 1.165) is 29.7 Å². The maximum absolute atomic E-state index is 11.8. The van der Waals surface area contributed by atoms with Crippen LogP contribution in [-0.2, 0) is 11.2 Å². The third-order valence-corrected chi connectivity index (χ3v) is 3.55. The smallest absolute Gasteiger partial charge is 0.277 e. The Labute approximate surface area is 143 Å². The van der Waals surface area contributed by atoms with Crippen LogP contribution in [0.1, 0.15) is 30.0 Å². The zero-order valence-electron chi connectivity index (χ0n) is 14.5. The summed E-state index contributed by atoms with van der Waals surface area (Å²) in [6.07, 6.45) is 1.72. The highest BCUT2D eigenvalue weighted by molar-refractivity contribution is 5.84. The third kappa shape index (κ3) is 6.24. The monoisotopic (exact) mass is 324 g/mol. The van der Waals surface area contributed by atoms with Crippen LogP contribution in [0.5, 0.6) is 5.75 Å². The first kappa shape index (κ1) is 17.7. The summed E-state index contributed by atoms with van der Waals surface area (Å²) in [6.45, 7) is 5.87. The van der Waals surface area contributed by atoms with E-state index in [1.165, 1.54) is 5.56 Å². The van der Waals surface area contributed by atoms with Gasteiger partial charge >= 0.3 is 0 Å². The summed E-state index contributed by atoms with van der Waals surface area (Å²) in [5.41, 5.74) is 6.91. The molecule has 0 bridgehead atoms. The lowest BCUT2D eigenvalue weighted by atomic mass is 10.1. The summed E-state index contributed by atoms with van der Waals surface area (Å²) in [4.78, 5) is 11.8. The van der Waals surface area contributed by atoms with E-state index in [-0.39, 0.29) is 12.5 Å². The molecule has 0 aromatic heterocycles. The molecule has 4 heteroatoms. The number of hydrogen-bond acceptors (Lipinski definition) is 3. The molecule has 0 aliphatic carbocycles. The molecule has 0 aliphatic rings. The second-order valence-electron chi connectivity index (χ2n) is 5.98. The molecule has 0 saturated carbocycles. The van der Waals surface area contributed by atoms with Crippen LogP contribution < -0.4 is 10.2 Å². The largest absolute Gasteiger partial charge is 0.484 e. The number of aryl methyl sites for hydroxylation is 3. The lowest BCUT2D eigenvalue weighted by Crippen LogP contribution is -2.25. The second-order valence-corrected chi connectivity index (χ2v) is 5.98. The Morgan fingerprint density at radius 3 is 2.42 bits per heavy atom. The summed E-state index contributed by atoms with van der Waals surface area (Å²) in [7, 11) is 0. The van der Waals surface area contributed by atoms with Gasteiger partial charge < -0.3 is 4.74 Å². The van der Waals surface area contributed by atoms with Crippen LogP contribution in [-0.4, -0.2) is 18.2 Å². The summed E-state index contributed by atoms with van der Waals surface area (Å²) >= 11 is 0. The molecule has 0 heterocycles. The Morgan fingerprint density at radius 1 is 1.08 bits per heavy atom. The van der Waals surface area contributed by atoms with Gasteiger partial charge in [-0.15, -0.1) is 0 Å². The number of benzene rings is 2. The Bertz CT molecular complexity index is 689. The molecule has 0 fully saturated rings. The van der Waals surface area contributed by atoms with E-state index in [2.05, 4.69) is 28.7 Å². The molecule has 126 valence electrons. The van der Waals surface area contributed by atoms with Gasteiger partial charge in [0.2, 0.25) is 0 Å². The molecule has 4 nitrogen and oxygen atoms in total. The van der Waals surface area contributed by atoms with Gasteiger partial charge in [-0.1, -0.05) is 36.4 Å². The molecule has 0 saturated heterocycles. The number of nitrogens with zero attached hydrogens (tertiary/aromatic N) is 1. The van der Waals surface area contributed by atoms with E-state index < -0.39 is 0 Å². The predicted octanol–water partition coefficient (Wildman–Crippen LogP) is 3.81. The van der Waals surface area contributed by atoms with Gasteiger partial charge in [-0.2, -0.15) is 5.10 Å². The van der Waals surface area contributed by atoms with Crippen molar-refractivity contribution < 1.29 is 9.53 Å². The maximum atomic E-state index is 11.8. The molecule has 1 amide bonds. The van der Waals surface area contributed by atoms with Crippen LogP contribution in [0.25, 0.3) is 0 Å². The molecule has 2 rings (SSSR count). The van der Waals surface area contributed by atoms with Gasteiger partial charge in [0.05, 0.1) is 0 Å². The molecule has 2 aromatic rings. The van der Waals surface area contributed by atoms with Crippen LogP contribution in [0.15, 0.2) is 53.6 Å². The molecule has 0 atom stereocenters. The zero-order chi connectivity index (χ0) is 17.4. The fraction of sp³-hybridized carbons (Fsp3) is 0.300. The molecule has 0 unspecified atom stereocenters. The summed E-state index contributed by atoms with van der Waals surface area (Å²) in [5, 5.41) is 4.12. The minimum absolute atomic E-state index is 0.0433. The number of rotatable bonds is 7. The van der Waals surface area contributed by atoms with Crippen LogP contribution in [0.3, 0.4) is 0 Å². The van der Waals surface area contributed by atoms with Crippen molar-refractivity contribution in [2.75, 3.05) is 6.61 Å². The molecular weight excluding hydrogens is 300 g/mol. The van der Waals surface area contributed by atoms with Crippen LogP contribution in [0.4, 0.5) is 0 Å². The zero-order valence-corrected chi connectivity index (χ0v) is 14.5. The second kappa shape index (κ2) is 8.87. The highest BCUT2D eigenvalue weighted by Crippen LogP contribution is 2.15. The van der Waals surface area contributed by atoms with Gasteiger partial charge in [-0.05, 0) is 62.4 Å². The van der Waals surface area contributed by atoms with E-state index in [4.69, 9.17) is 4.74 Å². The van der Waals surface area contributed by atoms with E-state index in [9.17, 15) is 4.79 Å². The number of amides is 1. The van der Waals surface area contributed by atoms with Crippen molar-refractivity contribution in [3.8, 4) is 5.75 Å². The van der Waals surface area contributed by atoms with Crippen molar-refractivity contribution in [2.24, 2.45) is 5.10 Å². The van der Waals surface area contributed by atoms with Crippen LogP contribution >= 0.6 is 0 Å². The van der Waals surface area contributed by atoms with Gasteiger partial charge in [0.1, 0.15) is 5.75 Å². The van der Waals surface area contributed by atoms with E-state index in [1.54, 1.807) is 0 Å². The first-order chi connectivity index (χ1) is 11.5. The standard InChI is InChI=1S/C20H24N2O2/c1-15-11-16(2)13-19(12-15)24-14-20(23)22-21-17(3)9-10-18-7-5-4-6-8-18/h4-8,11-13H,9-10,14H2,1-3H3,(H,22,23)/b21-17+. The predicted molar refractivity (Wildman–Crippen MR) is 97.4 cm³/mol. The molecule has 0 radical (unpaired) electrons. The summed E-state index contributed by atoms with van der Waals surface area (Å²) < 4.78 is 5.51. The van der Waals surface area contributed by atoms with Crippen molar-refractivity contribution >= 4 is 11.6 Å². The van der Waals surface area contributed by atoms with Gasteiger partial charge in [0.15, 0.2) is 6.61 Å². The molecule has 24 heavy (non-hydrogen) atoms. The van der Waals surface area contributed by atoms with Crippen molar-refractivity contribution in [1.82, 2.24) is 5.43 Å². The fourth-order valence-corrected chi connectivity index (χ4v) is 2.38. The van der Waals surface area contributed by atoms with Crippen molar-refractivity contribution in [3.05, 3.63) is 65.2 Å².